The lowest BCUT2D eigenvalue weighted by Gasteiger charge is -2.32. The predicted octanol–water partition coefficient (Wildman–Crippen LogP) is 3.04. The van der Waals surface area contributed by atoms with E-state index in [0.717, 1.165) is 24.0 Å². The van der Waals surface area contributed by atoms with E-state index in [9.17, 15) is 5.11 Å². The van der Waals surface area contributed by atoms with Gasteiger partial charge in [-0.05, 0) is 24.3 Å². The molecule has 17 heavy (non-hydrogen) atoms. The first-order chi connectivity index (χ1) is 8.18. The predicted molar refractivity (Wildman–Crippen MR) is 65.1 cm³/mol. The zero-order valence-electron chi connectivity index (χ0n) is 9.70. The van der Waals surface area contributed by atoms with E-state index < -0.39 is 6.10 Å². The molecule has 0 radical (unpaired) electrons. The van der Waals surface area contributed by atoms with Crippen molar-refractivity contribution < 1.29 is 14.6 Å². The molecule has 0 spiro atoms. The number of rotatable bonds is 0. The van der Waals surface area contributed by atoms with Crippen LogP contribution in [0.2, 0.25) is 5.02 Å². The Morgan fingerprint density at radius 1 is 1.24 bits per heavy atom. The lowest BCUT2D eigenvalue weighted by molar-refractivity contribution is 0.130. The third-order valence-electron chi connectivity index (χ3n) is 3.56. The van der Waals surface area contributed by atoms with Crippen molar-refractivity contribution in [3.8, 4) is 11.5 Å². The highest BCUT2D eigenvalue weighted by atomic mass is 35.5. The molecule has 1 aliphatic heterocycles. The molecule has 3 nitrogen and oxygen atoms in total. The average Bonchev–Trinajstić information content (AvgIpc) is 2.33. The highest BCUT2D eigenvalue weighted by Gasteiger charge is 2.32. The summed E-state index contributed by atoms with van der Waals surface area (Å²) >= 11 is 6.29. The molecule has 1 aromatic carbocycles. The number of benzene rings is 1. The molecular weight excluding hydrogens is 240 g/mol. The minimum atomic E-state index is -0.490. The Morgan fingerprint density at radius 3 is 2.82 bits per heavy atom. The molecule has 2 aliphatic rings. The molecular formula is C13H15ClO3. The van der Waals surface area contributed by atoms with Crippen molar-refractivity contribution in [2.45, 2.75) is 31.8 Å². The molecule has 1 aromatic rings. The summed E-state index contributed by atoms with van der Waals surface area (Å²) in [7, 11) is 0. The van der Waals surface area contributed by atoms with Crippen LogP contribution in [0.4, 0.5) is 0 Å². The van der Waals surface area contributed by atoms with Crippen molar-refractivity contribution in [1.82, 2.24) is 0 Å². The van der Waals surface area contributed by atoms with E-state index in [-0.39, 0.29) is 0 Å². The zero-order valence-corrected chi connectivity index (χ0v) is 10.5. The Kier molecular flexibility index (Phi) is 2.68. The van der Waals surface area contributed by atoms with Gasteiger partial charge in [0.05, 0.1) is 6.10 Å². The topological polar surface area (TPSA) is 38.7 Å². The fourth-order valence-electron chi connectivity index (χ4n) is 2.72. The molecule has 0 saturated heterocycles. The quantitative estimate of drug-likeness (QED) is 0.773. The maximum absolute atomic E-state index is 10.2. The summed E-state index contributed by atoms with van der Waals surface area (Å²) in [5.74, 6) is 1.71. The van der Waals surface area contributed by atoms with Gasteiger partial charge in [-0.15, -0.1) is 0 Å². The summed E-state index contributed by atoms with van der Waals surface area (Å²) in [6.07, 6.45) is 1.22. The molecule has 0 amide bonds. The molecule has 92 valence electrons. The largest absolute Gasteiger partial charge is 0.486 e. The average molecular weight is 255 g/mol. The molecule has 1 N–H and O–H groups in total. The SMILES string of the molecule is CC1CC[C@H](O)c2c3c(cc(Cl)c21)OCCO3. The Balaban J connectivity index is 2.24. The molecule has 2 atom stereocenters. The van der Waals surface area contributed by atoms with Crippen LogP contribution in [0.3, 0.4) is 0 Å². The van der Waals surface area contributed by atoms with E-state index in [1.54, 1.807) is 0 Å². The van der Waals surface area contributed by atoms with Crippen LogP contribution in [-0.2, 0) is 0 Å². The number of hydrogen-bond acceptors (Lipinski definition) is 3. The summed E-state index contributed by atoms with van der Waals surface area (Å²) in [5.41, 5.74) is 1.86. The van der Waals surface area contributed by atoms with E-state index in [1.807, 2.05) is 6.07 Å². The Bertz CT molecular complexity index is 458. The van der Waals surface area contributed by atoms with Crippen molar-refractivity contribution in [2.24, 2.45) is 0 Å². The fraction of sp³-hybridized carbons (Fsp3) is 0.538. The second kappa shape index (κ2) is 4.07. The molecule has 1 unspecified atom stereocenters. The molecule has 0 bridgehead atoms. The van der Waals surface area contributed by atoms with E-state index in [1.165, 1.54) is 0 Å². The van der Waals surface area contributed by atoms with Crippen LogP contribution in [0.5, 0.6) is 11.5 Å². The molecule has 0 aromatic heterocycles. The van der Waals surface area contributed by atoms with Crippen molar-refractivity contribution in [3.63, 3.8) is 0 Å². The van der Waals surface area contributed by atoms with Crippen LogP contribution in [0.15, 0.2) is 6.07 Å². The number of aliphatic hydroxyl groups excluding tert-OH is 1. The van der Waals surface area contributed by atoms with Gasteiger partial charge in [0.15, 0.2) is 11.5 Å². The second-order valence-electron chi connectivity index (χ2n) is 4.70. The molecule has 0 saturated carbocycles. The summed E-state index contributed by atoms with van der Waals surface area (Å²) in [5, 5.41) is 10.8. The van der Waals surface area contributed by atoms with Crippen molar-refractivity contribution >= 4 is 11.6 Å². The lowest BCUT2D eigenvalue weighted by atomic mass is 9.81. The smallest absolute Gasteiger partial charge is 0.167 e. The zero-order chi connectivity index (χ0) is 12.0. The van der Waals surface area contributed by atoms with Crippen LogP contribution in [0.25, 0.3) is 0 Å². The van der Waals surface area contributed by atoms with Gasteiger partial charge in [0.2, 0.25) is 0 Å². The first kappa shape index (κ1) is 11.2. The third kappa shape index (κ3) is 1.69. The highest BCUT2D eigenvalue weighted by molar-refractivity contribution is 6.31. The third-order valence-corrected chi connectivity index (χ3v) is 3.87. The van der Waals surface area contributed by atoms with Crippen molar-refractivity contribution in [1.29, 1.82) is 0 Å². The highest BCUT2D eigenvalue weighted by Crippen LogP contribution is 2.50. The van der Waals surface area contributed by atoms with Gasteiger partial charge in [0.1, 0.15) is 13.2 Å². The van der Waals surface area contributed by atoms with Gasteiger partial charge in [-0.3, -0.25) is 0 Å². The van der Waals surface area contributed by atoms with Gasteiger partial charge < -0.3 is 14.6 Å². The van der Waals surface area contributed by atoms with E-state index in [4.69, 9.17) is 21.1 Å². The Labute approximate surface area is 105 Å². The second-order valence-corrected chi connectivity index (χ2v) is 5.11. The van der Waals surface area contributed by atoms with Gasteiger partial charge in [0, 0.05) is 16.7 Å². The number of halogens is 1. The number of aliphatic hydroxyl groups is 1. The van der Waals surface area contributed by atoms with Gasteiger partial charge in [-0.25, -0.2) is 0 Å². The number of hydrogen-bond donors (Lipinski definition) is 1. The van der Waals surface area contributed by atoms with E-state index in [0.29, 0.717) is 35.7 Å². The van der Waals surface area contributed by atoms with Crippen LogP contribution >= 0.6 is 11.6 Å². The van der Waals surface area contributed by atoms with Crippen LogP contribution in [0, 0.1) is 0 Å². The first-order valence-corrected chi connectivity index (χ1v) is 6.36. The number of fused-ring (bicyclic) bond motifs is 3. The normalized spacial score (nSPS) is 26.5. The molecule has 1 aliphatic carbocycles. The molecule has 4 heteroatoms. The molecule has 3 rings (SSSR count). The standard InChI is InChI=1S/C13H15ClO3/c1-7-2-3-9(15)12-11(7)8(14)6-10-13(12)17-5-4-16-10/h6-7,9,15H,2-5H2,1H3/t7?,9-/m0/s1. The van der Waals surface area contributed by atoms with Gasteiger partial charge in [0.25, 0.3) is 0 Å². The van der Waals surface area contributed by atoms with Crippen LogP contribution < -0.4 is 9.47 Å². The summed E-state index contributed by atoms with van der Waals surface area (Å²) < 4.78 is 11.2. The minimum absolute atomic E-state index is 0.358. The maximum atomic E-state index is 10.2. The molecule has 1 heterocycles. The van der Waals surface area contributed by atoms with Crippen molar-refractivity contribution in [2.75, 3.05) is 13.2 Å². The van der Waals surface area contributed by atoms with E-state index in [2.05, 4.69) is 6.92 Å². The minimum Gasteiger partial charge on any atom is -0.486 e. The van der Waals surface area contributed by atoms with Crippen molar-refractivity contribution in [3.05, 3.63) is 22.2 Å². The summed E-state index contributed by atoms with van der Waals surface area (Å²) in [4.78, 5) is 0. The van der Waals surface area contributed by atoms with Crippen LogP contribution in [0.1, 0.15) is 42.9 Å². The molecule has 0 fully saturated rings. The van der Waals surface area contributed by atoms with Gasteiger partial charge in [-0.2, -0.15) is 0 Å². The lowest BCUT2D eigenvalue weighted by Crippen LogP contribution is -2.21. The summed E-state index contributed by atoms with van der Waals surface area (Å²) in [6, 6.07) is 1.81. The van der Waals surface area contributed by atoms with Crippen LogP contribution in [-0.4, -0.2) is 18.3 Å². The monoisotopic (exact) mass is 254 g/mol. The fourth-order valence-corrected chi connectivity index (χ4v) is 3.11. The first-order valence-electron chi connectivity index (χ1n) is 5.98. The maximum Gasteiger partial charge on any atom is 0.167 e. The van der Waals surface area contributed by atoms with E-state index >= 15 is 0 Å². The Morgan fingerprint density at radius 2 is 2.00 bits per heavy atom. The summed E-state index contributed by atoms with van der Waals surface area (Å²) in [6.45, 7) is 3.20. The van der Waals surface area contributed by atoms with Gasteiger partial charge >= 0.3 is 0 Å². The Hall–Kier alpha value is -0.930. The number of ether oxygens (including phenoxy) is 2. The van der Waals surface area contributed by atoms with Gasteiger partial charge in [-0.1, -0.05) is 18.5 Å².